The van der Waals surface area contributed by atoms with Gasteiger partial charge in [0.15, 0.2) is 5.78 Å². The van der Waals surface area contributed by atoms with Gasteiger partial charge in [-0.25, -0.2) is 8.42 Å². The van der Waals surface area contributed by atoms with E-state index in [2.05, 4.69) is 5.10 Å². The molecule has 0 bridgehead atoms. The summed E-state index contributed by atoms with van der Waals surface area (Å²) in [4.78, 5) is 35.0. The Bertz CT molecular complexity index is 1250. The van der Waals surface area contributed by atoms with Crippen molar-refractivity contribution in [1.82, 2.24) is 14.1 Å². The van der Waals surface area contributed by atoms with E-state index in [1.807, 2.05) is 13.8 Å². The van der Waals surface area contributed by atoms with Crippen molar-refractivity contribution in [2.24, 2.45) is 11.1 Å². The molecule has 12 heteroatoms. The zero-order valence-electron chi connectivity index (χ0n) is 18.4. The van der Waals surface area contributed by atoms with Crippen molar-refractivity contribution in [1.29, 1.82) is 0 Å². The highest BCUT2D eigenvalue weighted by molar-refractivity contribution is 7.89. The van der Waals surface area contributed by atoms with Crippen LogP contribution in [0.5, 0.6) is 0 Å². The lowest BCUT2D eigenvalue weighted by atomic mass is 9.75. The second-order valence-corrected chi connectivity index (χ2v) is 11.2. The molecule has 4 rings (SSSR count). The number of nitro benzene ring substituents is 1. The van der Waals surface area contributed by atoms with E-state index in [4.69, 9.17) is 5.73 Å². The van der Waals surface area contributed by atoms with Crippen LogP contribution in [0.1, 0.15) is 60.9 Å². The van der Waals surface area contributed by atoms with Gasteiger partial charge in [-0.1, -0.05) is 13.8 Å². The number of hydrogen-bond acceptors (Lipinski definition) is 7. The van der Waals surface area contributed by atoms with Crippen molar-refractivity contribution in [3.8, 4) is 0 Å². The number of benzene rings is 1. The summed E-state index contributed by atoms with van der Waals surface area (Å²) in [5.74, 6) is -0.740. The van der Waals surface area contributed by atoms with Gasteiger partial charge < -0.3 is 5.73 Å². The number of primary amides is 1. The lowest BCUT2D eigenvalue weighted by Crippen LogP contribution is -2.33. The van der Waals surface area contributed by atoms with Gasteiger partial charge in [0.1, 0.15) is 6.54 Å². The minimum atomic E-state index is -4.00. The summed E-state index contributed by atoms with van der Waals surface area (Å²) in [7, 11) is -4.00. The molecule has 1 saturated heterocycles. The molecular formula is C21H25N5O6S. The molecule has 0 unspecified atom stereocenters. The molecule has 33 heavy (non-hydrogen) atoms. The molecule has 0 saturated carbocycles. The lowest BCUT2D eigenvalue weighted by molar-refractivity contribution is -0.384. The lowest BCUT2D eigenvalue weighted by Gasteiger charge is -2.30. The van der Waals surface area contributed by atoms with E-state index in [0.717, 1.165) is 12.1 Å². The molecule has 1 aromatic heterocycles. The molecule has 0 spiro atoms. The summed E-state index contributed by atoms with van der Waals surface area (Å²) in [6.07, 6.45) is 1.82. The van der Waals surface area contributed by atoms with Gasteiger partial charge in [0.2, 0.25) is 15.9 Å². The number of non-ortho nitro benzene ring substituents is 1. The van der Waals surface area contributed by atoms with Gasteiger partial charge in [0, 0.05) is 25.1 Å². The van der Waals surface area contributed by atoms with E-state index in [-0.39, 0.29) is 41.3 Å². The maximum Gasteiger partial charge on any atom is 0.269 e. The van der Waals surface area contributed by atoms with E-state index in [1.54, 1.807) is 0 Å². The van der Waals surface area contributed by atoms with E-state index < -0.39 is 26.9 Å². The summed E-state index contributed by atoms with van der Waals surface area (Å²) < 4.78 is 29.5. The van der Waals surface area contributed by atoms with Crippen molar-refractivity contribution in [3.63, 3.8) is 0 Å². The third kappa shape index (κ3) is 4.15. The van der Waals surface area contributed by atoms with E-state index in [9.17, 15) is 28.1 Å². The van der Waals surface area contributed by atoms with Crippen LogP contribution in [-0.4, -0.2) is 45.7 Å². The molecule has 176 valence electrons. The summed E-state index contributed by atoms with van der Waals surface area (Å²) in [6.45, 7) is 3.93. The van der Waals surface area contributed by atoms with Crippen molar-refractivity contribution in [2.75, 3.05) is 6.54 Å². The number of fused-ring (bicyclic) bond motifs is 1. The van der Waals surface area contributed by atoms with Gasteiger partial charge in [-0.05, 0) is 36.8 Å². The third-order valence-corrected chi connectivity index (χ3v) is 8.05. The van der Waals surface area contributed by atoms with Crippen molar-refractivity contribution < 1.29 is 22.9 Å². The largest absolute Gasteiger partial charge is 0.368 e. The first-order chi connectivity index (χ1) is 15.4. The molecule has 0 radical (unpaired) electrons. The minimum Gasteiger partial charge on any atom is -0.368 e. The normalized spacial score (nSPS) is 20.5. The second kappa shape index (κ2) is 8.03. The molecule has 1 aromatic carbocycles. The number of sulfonamides is 1. The number of Topliss-reactive ketones (excluding diaryl/α,β-unsaturated/α-hetero) is 1. The maximum atomic E-state index is 13.4. The molecule has 1 atom stereocenters. The van der Waals surface area contributed by atoms with Crippen LogP contribution in [0.2, 0.25) is 0 Å². The highest BCUT2D eigenvalue weighted by Crippen LogP contribution is 2.42. The third-order valence-electron chi connectivity index (χ3n) is 6.13. The highest BCUT2D eigenvalue weighted by Gasteiger charge is 2.43. The Balaban J connectivity index is 1.77. The van der Waals surface area contributed by atoms with Crippen LogP contribution in [0.15, 0.2) is 29.2 Å². The van der Waals surface area contributed by atoms with Crippen LogP contribution in [0.25, 0.3) is 0 Å². The molecule has 1 aliphatic heterocycles. The van der Waals surface area contributed by atoms with Crippen LogP contribution in [0.3, 0.4) is 0 Å². The number of nitrogens with zero attached hydrogens (tertiary/aromatic N) is 4. The number of aromatic nitrogens is 2. The topological polar surface area (TPSA) is 158 Å². The molecule has 11 nitrogen and oxygen atoms in total. The van der Waals surface area contributed by atoms with Crippen LogP contribution in [-0.2, 0) is 27.8 Å². The molecule has 2 heterocycles. The number of nitrogens with two attached hydrogens (primary N) is 1. The van der Waals surface area contributed by atoms with Crippen LogP contribution < -0.4 is 5.73 Å². The van der Waals surface area contributed by atoms with Crippen LogP contribution in [0, 0.1) is 15.5 Å². The predicted molar refractivity (Wildman–Crippen MR) is 117 cm³/mol. The number of ketones is 1. The van der Waals surface area contributed by atoms with Crippen molar-refractivity contribution >= 4 is 27.4 Å². The van der Waals surface area contributed by atoms with Gasteiger partial charge in [-0.3, -0.25) is 24.4 Å². The van der Waals surface area contributed by atoms with Gasteiger partial charge in [0.25, 0.3) is 5.69 Å². The molecule has 2 aliphatic rings. The number of rotatable bonds is 6. The Hall–Kier alpha value is -3.12. The van der Waals surface area contributed by atoms with Crippen LogP contribution in [0.4, 0.5) is 5.69 Å². The number of amides is 1. The van der Waals surface area contributed by atoms with Crippen molar-refractivity contribution in [3.05, 3.63) is 51.3 Å². The number of carbonyl (C=O) groups excluding carboxylic acids is 2. The Morgan fingerprint density at radius 2 is 1.94 bits per heavy atom. The summed E-state index contributed by atoms with van der Waals surface area (Å²) in [5, 5.41) is 15.4. The van der Waals surface area contributed by atoms with E-state index >= 15 is 0 Å². The van der Waals surface area contributed by atoms with Gasteiger partial charge in [-0.2, -0.15) is 9.40 Å². The first kappa shape index (κ1) is 23.1. The van der Waals surface area contributed by atoms with E-state index in [1.165, 1.54) is 21.1 Å². The quantitative estimate of drug-likeness (QED) is 0.494. The standard InChI is InChI=1S/C21H25N5O6S/c1-21(2)10-16-19(17(27)11-21)20(23-24(16)12-18(22)28)15-4-3-9-25(15)33(31,32)14-7-5-13(6-8-14)26(29)30/h5-8,15H,3-4,9-12H2,1-2H3,(H2,22,28)/t15-/m0/s1. The van der Waals surface area contributed by atoms with E-state index in [0.29, 0.717) is 36.2 Å². The number of carbonyl (C=O) groups is 2. The summed E-state index contributed by atoms with van der Waals surface area (Å²) in [5.41, 5.74) is 6.18. The Morgan fingerprint density at radius 1 is 1.27 bits per heavy atom. The molecule has 2 N–H and O–H groups in total. The smallest absolute Gasteiger partial charge is 0.269 e. The zero-order valence-corrected chi connectivity index (χ0v) is 19.2. The molecule has 2 aromatic rings. The molecule has 1 fully saturated rings. The van der Waals surface area contributed by atoms with Gasteiger partial charge in [-0.15, -0.1) is 0 Å². The second-order valence-electron chi connectivity index (χ2n) is 9.30. The van der Waals surface area contributed by atoms with Crippen molar-refractivity contribution in [2.45, 2.75) is 57.0 Å². The Kier molecular flexibility index (Phi) is 5.61. The maximum absolute atomic E-state index is 13.4. The first-order valence-electron chi connectivity index (χ1n) is 10.6. The number of hydrogen-bond donors (Lipinski definition) is 1. The highest BCUT2D eigenvalue weighted by atomic mass is 32.2. The van der Waals surface area contributed by atoms with Crippen LogP contribution >= 0.6 is 0 Å². The van der Waals surface area contributed by atoms with Gasteiger partial charge >= 0.3 is 0 Å². The summed E-state index contributed by atoms with van der Waals surface area (Å²) >= 11 is 0. The Labute approximate surface area is 190 Å². The monoisotopic (exact) mass is 475 g/mol. The zero-order chi connectivity index (χ0) is 24.1. The molecular weight excluding hydrogens is 450 g/mol. The first-order valence-corrected chi connectivity index (χ1v) is 12.0. The fourth-order valence-corrected chi connectivity index (χ4v) is 6.39. The fourth-order valence-electron chi connectivity index (χ4n) is 4.73. The molecule has 1 amide bonds. The fraction of sp³-hybridized carbons (Fsp3) is 0.476. The van der Waals surface area contributed by atoms with Gasteiger partial charge in [0.05, 0.1) is 32.8 Å². The average molecular weight is 476 g/mol. The summed E-state index contributed by atoms with van der Waals surface area (Å²) in [6, 6.07) is 4.02. The average Bonchev–Trinajstić information content (AvgIpc) is 3.32. The predicted octanol–water partition coefficient (Wildman–Crippen LogP) is 1.96. The molecule has 1 aliphatic carbocycles. The SMILES string of the molecule is CC1(C)CC(=O)c2c([C@@H]3CCCN3S(=O)(=O)c3ccc([N+](=O)[O-])cc3)nn(CC(N)=O)c2C1. The number of nitro groups is 1. The minimum absolute atomic E-state index is 0.0714. The Morgan fingerprint density at radius 3 is 2.55 bits per heavy atom.